The number of hydrogen-bond donors (Lipinski definition) is 5. The predicted molar refractivity (Wildman–Crippen MR) is 151 cm³/mol. The molecule has 0 saturated carbocycles. The Morgan fingerprint density at radius 1 is 1.13 bits per heavy atom. The van der Waals surface area contributed by atoms with Crippen molar-refractivity contribution in [1.29, 1.82) is 0 Å². The second kappa shape index (κ2) is 11.4. The normalized spacial score (nSPS) is 18.2. The lowest BCUT2D eigenvalue weighted by molar-refractivity contribution is -0.117. The highest BCUT2D eigenvalue weighted by atomic mass is 32.1. The molecule has 2 amide bonds. The summed E-state index contributed by atoms with van der Waals surface area (Å²) in [5, 5.41) is 27.7. The van der Waals surface area contributed by atoms with E-state index in [2.05, 4.69) is 43.3 Å². The van der Waals surface area contributed by atoms with Gasteiger partial charge in [0.15, 0.2) is 0 Å². The second-order valence-corrected chi connectivity index (χ2v) is 11.9. The number of anilines is 1. The zero-order chi connectivity index (χ0) is 26.8. The predicted octanol–water partition coefficient (Wildman–Crippen LogP) is 3.31. The summed E-state index contributed by atoms with van der Waals surface area (Å²) in [6, 6.07) is 13.4. The van der Waals surface area contributed by atoms with E-state index < -0.39 is 6.23 Å². The molecule has 0 bridgehead atoms. The Labute approximate surface area is 233 Å². The minimum atomic E-state index is -0.799. The summed E-state index contributed by atoms with van der Waals surface area (Å²) in [6.07, 6.45) is 4.55. The molecule has 5 heterocycles. The number of nitrogens with zero attached hydrogens (tertiary/aromatic N) is 3. The smallest absolute Gasteiger partial charge is 0.264 e. The molecular weight excluding hydrogens is 534 g/mol. The van der Waals surface area contributed by atoms with Gasteiger partial charge in [-0.25, -0.2) is 4.98 Å². The van der Waals surface area contributed by atoms with Gasteiger partial charge in [0.05, 0.1) is 31.5 Å². The second-order valence-electron chi connectivity index (χ2n) is 9.76. The fourth-order valence-electron chi connectivity index (χ4n) is 4.73. The SMILES string of the molecule is O=C(Nc1ccc(C(=O)N2CC(c3ncc(-c4ccc(CNC(O)c5ccn[nH]5)cc4)s3)C2)s1)[C@@H]1CCCN1. The number of rotatable bonds is 9. The Morgan fingerprint density at radius 2 is 1.97 bits per heavy atom. The molecule has 6 rings (SSSR count). The first-order valence-corrected chi connectivity index (χ1v) is 14.6. The Bertz CT molecular complexity index is 1420. The van der Waals surface area contributed by atoms with Crippen molar-refractivity contribution in [1.82, 2.24) is 30.7 Å². The van der Waals surface area contributed by atoms with Crippen molar-refractivity contribution < 1.29 is 14.7 Å². The lowest BCUT2D eigenvalue weighted by Crippen LogP contribution is -2.48. The fraction of sp³-hybridized carbons (Fsp3) is 0.333. The molecule has 10 nitrogen and oxygen atoms in total. The van der Waals surface area contributed by atoms with Gasteiger partial charge in [0, 0.05) is 37.9 Å². The van der Waals surface area contributed by atoms with Crippen molar-refractivity contribution in [2.45, 2.75) is 37.6 Å². The first kappa shape index (κ1) is 25.8. The third kappa shape index (κ3) is 5.80. The number of benzene rings is 1. The van der Waals surface area contributed by atoms with Crippen LogP contribution in [0.3, 0.4) is 0 Å². The van der Waals surface area contributed by atoms with Gasteiger partial charge in [0.2, 0.25) is 5.91 Å². The number of aliphatic hydroxyl groups is 1. The number of carbonyl (C=O) groups is 2. The number of aliphatic hydroxyl groups excluding tert-OH is 1. The third-order valence-electron chi connectivity index (χ3n) is 7.04. The van der Waals surface area contributed by atoms with Crippen LogP contribution in [-0.2, 0) is 11.3 Å². The van der Waals surface area contributed by atoms with Crippen LogP contribution < -0.4 is 16.0 Å². The standard InChI is InChI=1S/C27H29N7O3S2/c35-24(20-9-11-31-33-20)29-12-16-3-5-17(6-4-16)22-13-30-26(39-22)18-14-34(15-18)27(37)21-7-8-23(38-21)32-25(36)19-2-1-10-28-19/h3-9,11,13,18-19,24,28-29,35H,1-2,10,12,14-15H2,(H,31,33)(H,32,36)/t19-,24?/m0/s1. The summed E-state index contributed by atoms with van der Waals surface area (Å²) in [4.78, 5) is 33.5. The molecule has 202 valence electrons. The van der Waals surface area contributed by atoms with Gasteiger partial charge in [-0.05, 0) is 48.7 Å². The van der Waals surface area contributed by atoms with Crippen LogP contribution in [0.2, 0.25) is 0 Å². The number of amides is 2. The van der Waals surface area contributed by atoms with Gasteiger partial charge in [-0.15, -0.1) is 22.7 Å². The topological polar surface area (TPSA) is 135 Å². The third-order valence-corrected chi connectivity index (χ3v) is 9.23. The number of likely N-dealkylation sites (tertiary alicyclic amines) is 1. The van der Waals surface area contributed by atoms with Gasteiger partial charge < -0.3 is 20.6 Å². The van der Waals surface area contributed by atoms with E-state index in [9.17, 15) is 14.7 Å². The highest BCUT2D eigenvalue weighted by Crippen LogP contribution is 2.36. The van der Waals surface area contributed by atoms with Crippen molar-refractivity contribution in [3.05, 3.63) is 76.0 Å². The Morgan fingerprint density at radius 3 is 2.72 bits per heavy atom. The molecule has 1 unspecified atom stereocenters. The number of aromatic nitrogens is 3. The minimum Gasteiger partial charge on any atom is -0.373 e. The first-order chi connectivity index (χ1) is 19.0. The highest BCUT2D eigenvalue weighted by molar-refractivity contribution is 7.18. The average Bonchev–Trinajstić information content (AvgIpc) is 3.74. The molecule has 2 saturated heterocycles. The summed E-state index contributed by atoms with van der Waals surface area (Å²) in [5.41, 5.74) is 2.77. The van der Waals surface area contributed by atoms with E-state index in [1.165, 1.54) is 11.3 Å². The highest BCUT2D eigenvalue weighted by Gasteiger charge is 2.35. The van der Waals surface area contributed by atoms with Crippen LogP contribution in [0.1, 0.15) is 50.9 Å². The van der Waals surface area contributed by atoms with Crippen LogP contribution in [0, 0.1) is 0 Å². The van der Waals surface area contributed by atoms with E-state index in [4.69, 9.17) is 0 Å². The molecule has 4 aromatic rings. The number of aromatic amines is 1. The lowest BCUT2D eigenvalue weighted by Gasteiger charge is -2.37. The maximum Gasteiger partial charge on any atom is 0.264 e. The van der Waals surface area contributed by atoms with Crippen LogP contribution >= 0.6 is 22.7 Å². The molecule has 3 aromatic heterocycles. The summed E-state index contributed by atoms with van der Waals surface area (Å²) < 4.78 is 0. The monoisotopic (exact) mass is 563 g/mol. The van der Waals surface area contributed by atoms with E-state index in [1.807, 2.05) is 23.2 Å². The maximum atomic E-state index is 12.9. The molecule has 39 heavy (non-hydrogen) atoms. The van der Waals surface area contributed by atoms with Crippen LogP contribution in [0.25, 0.3) is 10.4 Å². The molecule has 0 radical (unpaired) electrons. The molecule has 12 heteroatoms. The Balaban J connectivity index is 0.992. The van der Waals surface area contributed by atoms with Crippen LogP contribution in [0.5, 0.6) is 0 Å². The largest absolute Gasteiger partial charge is 0.373 e. The summed E-state index contributed by atoms with van der Waals surface area (Å²) in [7, 11) is 0. The zero-order valence-electron chi connectivity index (χ0n) is 21.1. The van der Waals surface area contributed by atoms with Crippen molar-refractivity contribution in [3.8, 4) is 10.4 Å². The van der Waals surface area contributed by atoms with Crippen LogP contribution in [0.15, 0.2) is 54.9 Å². The van der Waals surface area contributed by atoms with E-state index in [0.717, 1.165) is 40.4 Å². The van der Waals surface area contributed by atoms with E-state index in [1.54, 1.807) is 35.7 Å². The number of thiophene rings is 1. The summed E-state index contributed by atoms with van der Waals surface area (Å²) in [5.74, 6) is 0.189. The Kier molecular flexibility index (Phi) is 7.53. The Hall–Kier alpha value is -3.42. The number of thiazole rings is 1. The maximum absolute atomic E-state index is 12.9. The van der Waals surface area contributed by atoms with Gasteiger partial charge in [-0.2, -0.15) is 5.10 Å². The number of H-pyrrole nitrogens is 1. The van der Waals surface area contributed by atoms with E-state index >= 15 is 0 Å². The summed E-state index contributed by atoms with van der Waals surface area (Å²) in [6.45, 7) is 2.67. The van der Waals surface area contributed by atoms with Crippen LogP contribution in [-0.4, -0.2) is 62.7 Å². The fourth-order valence-corrected chi connectivity index (χ4v) is 6.62. The minimum absolute atomic E-state index is 0.00522. The molecule has 0 aliphatic carbocycles. The van der Waals surface area contributed by atoms with Gasteiger partial charge in [0.25, 0.3) is 5.91 Å². The molecule has 2 aliphatic heterocycles. The van der Waals surface area contributed by atoms with E-state index in [-0.39, 0.29) is 23.8 Å². The zero-order valence-corrected chi connectivity index (χ0v) is 22.7. The average molecular weight is 564 g/mol. The van der Waals surface area contributed by atoms with Crippen molar-refractivity contribution in [2.24, 2.45) is 0 Å². The summed E-state index contributed by atoms with van der Waals surface area (Å²) >= 11 is 2.98. The van der Waals surface area contributed by atoms with Gasteiger partial charge in [-0.3, -0.25) is 20.0 Å². The van der Waals surface area contributed by atoms with Gasteiger partial charge in [0.1, 0.15) is 6.23 Å². The first-order valence-electron chi connectivity index (χ1n) is 12.9. The molecule has 5 N–H and O–H groups in total. The quantitative estimate of drug-likeness (QED) is 0.197. The molecule has 1 aromatic carbocycles. The molecule has 2 aliphatic rings. The number of carbonyl (C=O) groups excluding carboxylic acids is 2. The number of hydrogen-bond acceptors (Lipinski definition) is 9. The lowest BCUT2D eigenvalue weighted by atomic mass is 10.0. The van der Waals surface area contributed by atoms with Crippen molar-refractivity contribution >= 4 is 39.5 Å². The van der Waals surface area contributed by atoms with Crippen molar-refractivity contribution in [2.75, 3.05) is 25.0 Å². The van der Waals surface area contributed by atoms with E-state index in [0.29, 0.717) is 35.2 Å². The molecule has 2 atom stereocenters. The molecule has 2 fully saturated rings. The van der Waals surface area contributed by atoms with Gasteiger partial charge >= 0.3 is 0 Å². The molecule has 0 spiro atoms. The van der Waals surface area contributed by atoms with Crippen molar-refractivity contribution in [3.63, 3.8) is 0 Å². The van der Waals surface area contributed by atoms with Gasteiger partial charge in [-0.1, -0.05) is 24.3 Å². The molecular formula is C27H29N7O3S2. The van der Waals surface area contributed by atoms with Crippen LogP contribution in [0.4, 0.5) is 5.00 Å². The number of nitrogens with one attached hydrogen (secondary N) is 4.